The van der Waals surface area contributed by atoms with Gasteiger partial charge in [0.1, 0.15) is 11.6 Å². The molecule has 4 nitrogen and oxygen atoms in total. The van der Waals surface area contributed by atoms with E-state index in [9.17, 15) is 17.2 Å². The molecule has 124 valence electrons. The smallest absolute Gasteiger partial charge is 0.264 e. The molecule has 0 aliphatic heterocycles. The zero-order valence-corrected chi connectivity index (χ0v) is 13.4. The minimum absolute atomic E-state index is 0.0394. The van der Waals surface area contributed by atoms with E-state index in [1.54, 1.807) is 24.3 Å². The Bertz CT molecular complexity index is 685. The number of anilines is 2. The second-order valence-corrected chi connectivity index (χ2v) is 6.63. The van der Waals surface area contributed by atoms with E-state index in [1.807, 2.05) is 4.90 Å². The largest absolute Gasteiger partial charge is 0.341 e. The van der Waals surface area contributed by atoms with E-state index >= 15 is 0 Å². The molecule has 0 aliphatic rings. The summed E-state index contributed by atoms with van der Waals surface area (Å²) in [4.78, 5) is 1.84. The first-order valence-corrected chi connectivity index (χ1v) is 8.80. The van der Waals surface area contributed by atoms with Gasteiger partial charge in [0.05, 0.1) is 12.9 Å². The molecule has 0 atom stereocenters. The van der Waals surface area contributed by atoms with E-state index in [2.05, 4.69) is 0 Å². The van der Waals surface area contributed by atoms with Crippen LogP contribution in [0.2, 0.25) is 0 Å². The van der Waals surface area contributed by atoms with Gasteiger partial charge < -0.3 is 4.90 Å². The Kier molecular flexibility index (Phi) is 5.68. The second-order valence-electron chi connectivity index (χ2n) is 4.98. The maximum Gasteiger partial charge on any atom is 0.264 e. The average molecular weight is 341 g/mol. The SMILES string of the molecule is CS(=O)(=O)OCCCN(c1ccc(F)cc1)c1ccc(F)cc1. The minimum atomic E-state index is -3.48. The van der Waals surface area contributed by atoms with Crippen molar-refractivity contribution in [3.05, 3.63) is 60.2 Å². The van der Waals surface area contributed by atoms with Crippen molar-refractivity contribution in [3.63, 3.8) is 0 Å². The molecule has 0 fully saturated rings. The molecular formula is C16H17F2NO3S. The lowest BCUT2D eigenvalue weighted by molar-refractivity contribution is 0.318. The van der Waals surface area contributed by atoms with E-state index in [1.165, 1.54) is 24.3 Å². The van der Waals surface area contributed by atoms with Gasteiger partial charge in [-0.2, -0.15) is 8.42 Å². The van der Waals surface area contributed by atoms with E-state index in [0.29, 0.717) is 13.0 Å². The zero-order valence-electron chi connectivity index (χ0n) is 12.6. The molecule has 23 heavy (non-hydrogen) atoms. The molecule has 0 spiro atoms. The molecule has 0 N–H and O–H groups in total. The van der Waals surface area contributed by atoms with Crippen LogP contribution in [0.25, 0.3) is 0 Å². The molecule has 7 heteroatoms. The third kappa shape index (κ3) is 5.61. The highest BCUT2D eigenvalue weighted by Gasteiger charge is 2.10. The molecule has 0 saturated heterocycles. The number of rotatable bonds is 7. The van der Waals surface area contributed by atoms with Crippen molar-refractivity contribution in [2.45, 2.75) is 6.42 Å². The van der Waals surface area contributed by atoms with E-state index in [-0.39, 0.29) is 18.2 Å². The summed E-state index contributed by atoms with van der Waals surface area (Å²) in [5, 5.41) is 0. The van der Waals surface area contributed by atoms with Crippen molar-refractivity contribution < 1.29 is 21.4 Å². The van der Waals surface area contributed by atoms with Gasteiger partial charge in [-0.1, -0.05) is 0 Å². The Morgan fingerprint density at radius 3 is 1.74 bits per heavy atom. The normalized spacial score (nSPS) is 11.4. The molecule has 0 aliphatic carbocycles. The Labute approximate surface area is 134 Å². The maximum atomic E-state index is 13.1. The number of hydrogen-bond donors (Lipinski definition) is 0. The number of benzene rings is 2. The van der Waals surface area contributed by atoms with Crippen LogP contribution in [-0.2, 0) is 14.3 Å². The van der Waals surface area contributed by atoms with Crippen LogP contribution in [0.5, 0.6) is 0 Å². The number of hydrogen-bond acceptors (Lipinski definition) is 4. The van der Waals surface area contributed by atoms with Crippen LogP contribution < -0.4 is 4.90 Å². The lowest BCUT2D eigenvalue weighted by atomic mass is 10.2. The fourth-order valence-corrected chi connectivity index (χ4v) is 2.50. The maximum absolute atomic E-state index is 13.1. The van der Waals surface area contributed by atoms with Crippen LogP contribution in [0, 0.1) is 11.6 Å². The van der Waals surface area contributed by atoms with Crippen LogP contribution in [0.1, 0.15) is 6.42 Å². The third-order valence-electron chi connectivity index (χ3n) is 3.10. The van der Waals surface area contributed by atoms with Gasteiger partial charge in [0.25, 0.3) is 10.1 Å². The number of halogens is 2. The first-order valence-electron chi connectivity index (χ1n) is 6.98. The fraction of sp³-hybridized carbons (Fsp3) is 0.250. The Morgan fingerprint density at radius 1 is 0.913 bits per heavy atom. The Balaban J connectivity index is 2.14. The highest BCUT2D eigenvalue weighted by Crippen LogP contribution is 2.26. The highest BCUT2D eigenvalue weighted by molar-refractivity contribution is 7.85. The lowest BCUT2D eigenvalue weighted by Gasteiger charge is -2.25. The van der Waals surface area contributed by atoms with Crippen LogP contribution in [0.4, 0.5) is 20.2 Å². The van der Waals surface area contributed by atoms with Crippen LogP contribution in [0.15, 0.2) is 48.5 Å². The summed E-state index contributed by atoms with van der Waals surface area (Å²) in [5.41, 5.74) is 1.44. The molecule has 0 bridgehead atoms. The summed E-state index contributed by atoms with van der Waals surface area (Å²) in [6.45, 7) is 0.477. The standard InChI is InChI=1S/C16H17F2NO3S/c1-23(20,21)22-12-2-11-19(15-7-3-13(17)4-8-15)16-9-5-14(18)6-10-16/h3-10H,2,11-12H2,1H3. The van der Waals surface area contributed by atoms with Crippen molar-refractivity contribution in [1.29, 1.82) is 0 Å². The van der Waals surface area contributed by atoms with Gasteiger partial charge in [0, 0.05) is 17.9 Å². The summed E-state index contributed by atoms with van der Waals surface area (Å²) < 4.78 is 52.8. The third-order valence-corrected chi connectivity index (χ3v) is 3.69. The lowest BCUT2D eigenvalue weighted by Crippen LogP contribution is -2.20. The van der Waals surface area contributed by atoms with Gasteiger partial charge in [0.2, 0.25) is 0 Å². The summed E-state index contributed by atoms with van der Waals surface area (Å²) in [7, 11) is -3.48. The monoisotopic (exact) mass is 341 g/mol. The molecule has 2 rings (SSSR count). The Hall–Kier alpha value is -1.99. The molecular weight excluding hydrogens is 324 g/mol. The zero-order chi connectivity index (χ0) is 16.9. The minimum Gasteiger partial charge on any atom is -0.341 e. The van der Waals surface area contributed by atoms with Crippen molar-refractivity contribution >= 4 is 21.5 Å². The van der Waals surface area contributed by atoms with Gasteiger partial charge in [-0.05, 0) is 55.0 Å². The fourth-order valence-electron chi connectivity index (χ4n) is 2.08. The van der Waals surface area contributed by atoms with Crippen molar-refractivity contribution in [3.8, 4) is 0 Å². The van der Waals surface area contributed by atoms with Crippen molar-refractivity contribution in [2.24, 2.45) is 0 Å². The first kappa shape index (κ1) is 17.4. The predicted octanol–water partition coefficient (Wildman–Crippen LogP) is 3.47. The van der Waals surface area contributed by atoms with Crippen LogP contribution in [0.3, 0.4) is 0 Å². The second kappa shape index (κ2) is 7.52. The van der Waals surface area contributed by atoms with Gasteiger partial charge in [-0.25, -0.2) is 8.78 Å². The quantitative estimate of drug-likeness (QED) is 0.571. The van der Waals surface area contributed by atoms with Gasteiger partial charge in [-0.15, -0.1) is 0 Å². The van der Waals surface area contributed by atoms with E-state index < -0.39 is 10.1 Å². The van der Waals surface area contributed by atoms with Crippen LogP contribution in [-0.4, -0.2) is 27.8 Å². The summed E-state index contributed by atoms with van der Waals surface area (Å²) >= 11 is 0. The van der Waals surface area contributed by atoms with Crippen molar-refractivity contribution in [2.75, 3.05) is 24.3 Å². The van der Waals surface area contributed by atoms with E-state index in [4.69, 9.17) is 4.18 Å². The summed E-state index contributed by atoms with van der Waals surface area (Å²) in [6.07, 6.45) is 1.42. The molecule has 0 heterocycles. The Morgan fingerprint density at radius 2 is 1.35 bits per heavy atom. The molecule has 0 aromatic heterocycles. The summed E-state index contributed by atoms with van der Waals surface area (Å²) in [5.74, 6) is -0.707. The first-order chi connectivity index (χ1) is 10.8. The topological polar surface area (TPSA) is 46.6 Å². The molecule has 2 aromatic carbocycles. The van der Waals surface area contributed by atoms with Crippen LogP contribution >= 0.6 is 0 Å². The number of nitrogens with zero attached hydrogens (tertiary/aromatic N) is 1. The van der Waals surface area contributed by atoms with Gasteiger partial charge >= 0.3 is 0 Å². The highest BCUT2D eigenvalue weighted by atomic mass is 32.2. The predicted molar refractivity (Wildman–Crippen MR) is 85.2 cm³/mol. The van der Waals surface area contributed by atoms with Gasteiger partial charge in [-0.3, -0.25) is 4.18 Å². The van der Waals surface area contributed by atoms with Gasteiger partial charge in [0.15, 0.2) is 0 Å². The molecule has 0 unspecified atom stereocenters. The average Bonchev–Trinajstić information content (AvgIpc) is 2.49. The molecule has 0 radical (unpaired) electrons. The van der Waals surface area contributed by atoms with Crippen molar-refractivity contribution in [1.82, 2.24) is 0 Å². The van der Waals surface area contributed by atoms with E-state index in [0.717, 1.165) is 17.6 Å². The summed E-state index contributed by atoms with van der Waals surface area (Å²) in [6, 6.07) is 11.8. The molecule has 0 saturated carbocycles. The molecule has 2 aromatic rings. The molecule has 0 amide bonds.